The van der Waals surface area contributed by atoms with Gasteiger partial charge in [0.2, 0.25) is 5.91 Å². The Kier molecular flexibility index (Phi) is 5.56. The molecule has 6 nitrogen and oxygen atoms in total. The zero-order valence-corrected chi connectivity index (χ0v) is 17.2. The van der Waals surface area contributed by atoms with Crippen molar-refractivity contribution in [3.8, 4) is 6.07 Å². The molecule has 2 aromatic rings. The molecule has 1 aliphatic heterocycles. The van der Waals surface area contributed by atoms with Gasteiger partial charge in [-0.1, -0.05) is 36.2 Å². The number of nitrogens with zero attached hydrogens (tertiary/aromatic N) is 3. The van der Waals surface area contributed by atoms with Crippen molar-refractivity contribution in [1.29, 1.82) is 5.26 Å². The predicted molar refractivity (Wildman–Crippen MR) is 115 cm³/mol. The molecule has 1 heterocycles. The third kappa shape index (κ3) is 3.94. The fourth-order valence-corrected chi connectivity index (χ4v) is 4.28. The SMILES string of the molecule is N#Cc1cccc(NC(=O)CN2C(=O)C(c3ccc(Cl)cc3)=NC23CCCCC3)c1. The lowest BCUT2D eigenvalue weighted by Crippen LogP contribution is -2.51. The molecule has 2 aromatic carbocycles. The molecule has 1 fully saturated rings. The monoisotopic (exact) mass is 420 g/mol. The van der Waals surface area contributed by atoms with Crippen LogP contribution in [0.5, 0.6) is 0 Å². The predicted octanol–water partition coefficient (Wildman–Crippen LogP) is 4.14. The number of amides is 2. The fraction of sp³-hybridized carbons (Fsp3) is 0.304. The summed E-state index contributed by atoms with van der Waals surface area (Å²) in [5.41, 5.74) is 1.41. The second-order valence-electron chi connectivity index (χ2n) is 7.64. The molecule has 1 aliphatic carbocycles. The summed E-state index contributed by atoms with van der Waals surface area (Å²) < 4.78 is 0. The van der Waals surface area contributed by atoms with Gasteiger partial charge in [-0.25, -0.2) is 0 Å². The second-order valence-corrected chi connectivity index (χ2v) is 8.08. The molecule has 1 spiro atoms. The van der Waals surface area contributed by atoms with E-state index in [1.54, 1.807) is 53.4 Å². The van der Waals surface area contributed by atoms with Crippen LogP contribution in [0, 0.1) is 11.3 Å². The number of halogens is 1. The highest BCUT2D eigenvalue weighted by atomic mass is 35.5. The van der Waals surface area contributed by atoms with E-state index in [1.165, 1.54) is 0 Å². The van der Waals surface area contributed by atoms with Crippen LogP contribution < -0.4 is 5.32 Å². The summed E-state index contributed by atoms with van der Waals surface area (Å²) in [6, 6.07) is 15.8. The largest absolute Gasteiger partial charge is 0.325 e. The molecule has 7 heteroatoms. The van der Waals surface area contributed by atoms with Crippen LogP contribution >= 0.6 is 11.6 Å². The first-order chi connectivity index (χ1) is 14.5. The Labute approximate surface area is 180 Å². The van der Waals surface area contributed by atoms with Gasteiger partial charge in [0.15, 0.2) is 0 Å². The molecule has 0 radical (unpaired) electrons. The second kappa shape index (κ2) is 8.29. The van der Waals surface area contributed by atoms with E-state index in [2.05, 4.69) is 11.4 Å². The Morgan fingerprint density at radius 1 is 1.17 bits per heavy atom. The van der Waals surface area contributed by atoms with Gasteiger partial charge in [-0.15, -0.1) is 0 Å². The van der Waals surface area contributed by atoms with Gasteiger partial charge < -0.3 is 10.2 Å². The van der Waals surface area contributed by atoms with Crippen molar-refractivity contribution in [2.24, 2.45) is 4.99 Å². The number of hydrogen-bond donors (Lipinski definition) is 1. The molecule has 0 atom stereocenters. The summed E-state index contributed by atoms with van der Waals surface area (Å²) in [6.07, 6.45) is 4.52. The quantitative estimate of drug-likeness (QED) is 0.806. The third-order valence-electron chi connectivity index (χ3n) is 5.62. The van der Waals surface area contributed by atoms with Crippen molar-refractivity contribution >= 4 is 34.8 Å². The van der Waals surface area contributed by atoms with Crippen LogP contribution in [0.15, 0.2) is 53.5 Å². The van der Waals surface area contributed by atoms with Crippen molar-refractivity contribution < 1.29 is 9.59 Å². The summed E-state index contributed by atoms with van der Waals surface area (Å²) >= 11 is 5.98. The lowest BCUT2D eigenvalue weighted by Gasteiger charge is -2.38. The first-order valence-electron chi connectivity index (χ1n) is 9.98. The standard InChI is InChI=1S/C23H21ClN4O2/c24-18-9-7-17(8-10-18)21-22(30)28(23(27-21)11-2-1-3-12-23)15-20(29)26-19-6-4-5-16(13-19)14-25/h4-10,13H,1-3,11-12,15H2,(H,26,29). The van der Waals surface area contributed by atoms with Gasteiger partial charge in [0, 0.05) is 16.3 Å². The van der Waals surface area contributed by atoms with Crippen molar-refractivity contribution in [2.45, 2.75) is 37.8 Å². The lowest BCUT2D eigenvalue weighted by molar-refractivity contribution is -0.134. The maximum Gasteiger partial charge on any atom is 0.275 e. The summed E-state index contributed by atoms with van der Waals surface area (Å²) in [6.45, 7) is -0.0871. The molecule has 4 rings (SSSR count). The Hall–Kier alpha value is -3.17. The first-order valence-corrected chi connectivity index (χ1v) is 10.4. The maximum atomic E-state index is 13.3. The van der Waals surface area contributed by atoms with E-state index in [9.17, 15) is 9.59 Å². The zero-order valence-electron chi connectivity index (χ0n) is 16.4. The smallest absolute Gasteiger partial charge is 0.275 e. The number of nitrogens with one attached hydrogen (secondary N) is 1. The molecule has 0 bridgehead atoms. The van der Waals surface area contributed by atoms with Crippen molar-refractivity contribution in [3.63, 3.8) is 0 Å². The number of benzene rings is 2. The average molecular weight is 421 g/mol. The molecule has 2 amide bonds. The van der Waals surface area contributed by atoms with Gasteiger partial charge in [-0.3, -0.25) is 14.6 Å². The molecule has 1 saturated carbocycles. The van der Waals surface area contributed by atoms with E-state index in [1.807, 2.05) is 0 Å². The highest BCUT2D eigenvalue weighted by Gasteiger charge is 2.48. The highest BCUT2D eigenvalue weighted by molar-refractivity contribution is 6.47. The van der Waals surface area contributed by atoms with Crippen LogP contribution in [0.25, 0.3) is 0 Å². The Balaban J connectivity index is 1.58. The molecule has 152 valence electrons. The molecule has 1 N–H and O–H groups in total. The minimum absolute atomic E-state index is 0.0871. The van der Waals surface area contributed by atoms with Gasteiger partial charge >= 0.3 is 0 Å². The fourth-order valence-electron chi connectivity index (χ4n) is 4.16. The van der Waals surface area contributed by atoms with Crippen LogP contribution in [0.1, 0.15) is 43.2 Å². The van der Waals surface area contributed by atoms with Gasteiger partial charge in [0.25, 0.3) is 5.91 Å². The molecule has 2 aliphatic rings. The summed E-state index contributed by atoms with van der Waals surface area (Å²) in [4.78, 5) is 32.5. The zero-order chi connectivity index (χ0) is 21.1. The number of anilines is 1. The molecular weight excluding hydrogens is 400 g/mol. The Bertz CT molecular complexity index is 1050. The van der Waals surface area contributed by atoms with Crippen LogP contribution in [-0.2, 0) is 9.59 Å². The van der Waals surface area contributed by atoms with Gasteiger partial charge in [0.05, 0.1) is 11.6 Å². The van der Waals surface area contributed by atoms with Crippen LogP contribution in [0.3, 0.4) is 0 Å². The van der Waals surface area contributed by atoms with E-state index in [0.29, 0.717) is 27.5 Å². The number of hydrogen-bond acceptors (Lipinski definition) is 4. The number of nitriles is 1. The van der Waals surface area contributed by atoms with E-state index in [4.69, 9.17) is 21.9 Å². The third-order valence-corrected chi connectivity index (χ3v) is 5.87. The minimum Gasteiger partial charge on any atom is -0.325 e. The van der Waals surface area contributed by atoms with E-state index in [0.717, 1.165) is 32.1 Å². The molecule has 30 heavy (non-hydrogen) atoms. The summed E-state index contributed by atoms with van der Waals surface area (Å²) in [5.74, 6) is -0.545. The van der Waals surface area contributed by atoms with Crippen molar-refractivity contribution in [1.82, 2.24) is 4.90 Å². The van der Waals surface area contributed by atoms with Crippen LogP contribution in [-0.4, -0.2) is 34.6 Å². The Morgan fingerprint density at radius 2 is 1.90 bits per heavy atom. The summed E-state index contributed by atoms with van der Waals surface area (Å²) in [5, 5.41) is 12.4. The average Bonchev–Trinajstić information content (AvgIpc) is 3.01. The Morgan fingerprint density at radius 3 is 2.60 bits per heavy atom. The lowest BCUT2D eigenvalue weighted by atomic mass is 9.88. The van der Waals surface area contributed by atoms with Crippen molar-refractivity contribution in [2.75, 3.05) is 11.9 Å². The van der Waals surface area contributed by atoms with Gasteiger partial charge in [-0.05, 0) is 56.0 Å². The van der Waals surface area contributed by atoms with E-state index < -0.39 is 5.66 Å². The van der Waals surface area contributed by atoms with Gasteiger partial charge in [-0.2, -0.15) is 5.26 Å². The van der Waals surface area contributed by atoms with Crippen LogP contribution in [0.4, 0.5) is 5.69 Å². The number of rotatable bonds is 4. The van der Waals surface area contributed by atoms with E-state index in [-0.39, 0.29) is 18.4 Å². The molecular formula is C23H21ClN4O2. The molecule has 0 aromatic heterocycles. The number of carbonyl (C=O) groups is 2. The minimum atomic E-state index is -0.670. The van der Waals surface area contributed by atoms with Gasteiger partial charge in [0.1, 0.15) is 17.9 Å². The normalized spacial score (nSPS) is 17.5. The maximum absolute atomic E-state index is 13.3. The first kappa shape index (κ1) is 20.1. The number of aliphatic imine (C=N–C) groups is 1. The highest BCUT2D eigenvalue weighted by Crippen LogP contribution is 2.39. The summed E-state index contributed by atoms with van der Waals surface area (Å²) in [7, 11) is 0. The molecule has 0 saturated heterocycles. The van der Waals surface area contributed by atoms with E-state index >= 15 is 0 Å². The topological polar surface area (TPSA) is 85.6 Å². The van der Waals surface area contributed by atoms with Crippen molar-refractivity contribution in [3.05, 3.63) is 64.7 Å². The van der Waals surface area contributed by atoms with Crippen LogP contribution in [0.2, 0.25) is 5.02 Å². The molecule has 0 unspecified atom stereocenters. The number of carbonyl (C=O) groups excluding carboxylic acids is 2.